The van der Waals surface area contributed by atoms with Gasteiger partial charge in [0.2, 0.25) is 0 Å². The van der Waals surface area contributed by atoms with Gasteiger partial charge in [0.15, 0.2) is 23.3 Å². The number of rotatable bonds is 4. The second-order valence-electron chi connectivity index (χ2n) is 5.16. The van der Waals surface area contributed by atoms with Gasteiger partial charge in [-0.05, 0) is 29.8 Å². The second-order valence-corrected chi connectivity index (χ2v) is 5.95. The average Bonchev–Trinajstić information content (AvgIpc) is 2.77. The molecule has 1 heterocycles. The Morgan fingerprint density at radius 2 is 1.62 bits per heavy atom. The van der Waals surface area contributed by atoms with Crippen molar-refractivity contribution in [3.63, 3.8) is 0 Å². The maximum atomic E-state index is 13.7. The van der Waals surface area contributed by atoms with Crippen LogP contribution >= 0.6 is 15.9 Å². The Labute approximate surface area is 143 Å². The lowest BCUT2D eigenvalue weighted by Crippen LogP contribution is -2.13. The summed E-state index contributed by atoms with van der Waals surface area (Å²) in [5.41, 5.74) is 0.991. The summed E-state index contributed by atoms with van der Waals surface area (Å²) in [6.45, 7) is 2.53. The summed E-state index contributed by atoms with van der Waals surface area (Å²) in [5, 5.41) is 4.13. The van der Waals surface area contributed by atoms with E-state index in [-0.39, 0.29) is 6.42 Å². The number of hydrogen-bond donors (Lipinski definition) is 0. The van der Waals surface area contributed by atoms with E-state index in [0.717, 1.165) is 5.69 Å². The molecule has 0 aliphatic carbocycles. The lowest BCUT2D eigenvalue weighted by molar-refractivity contribution is -0.144. The van der Waals surface area contributed by atoms with E-state index in [9.17, 15) is 22.4 Å². The van der Waals surface area contributed by atoms with Gasteiger partial charge in [-0.25, -0.2) is 17.6 Å². The maximum Gasteiger partial charge on any atom is 0.310 e. The molecule has 0 aliphatic rings. The van der Waals surface area contributed by atoms with Gasteiger partial charge in [0, 0.05) is 18.3 Å². The molecule has 0 saturated carbocycles. The second kappa shape index (κ2) is 6.92. The van der Waals surface area contributed by atoms with E-state index in [4.69, 9.17) is 4.74 Å². The van der Waals surface area contributed by atoms with Crippen LogP contribution in [-0.2, 0) is 29.6 Å². The summed E-state index contributed by atoms with van der Waals surface area (Å²) in [6.07, 6.45) is -0.170. The number of carbonyl (C=O) groups excluding carboxylic acids is 1. The fourth-order valence-electron chi connectivity index (χ4n) is 2.20. The molecule has 24 heavy (non-hydrogen) atoms. The molecule has 4 nitrogen and oxygen atoms in total. The third kappa shape index (κ3) is 3.31. The van der Waals surface area contributed by atoms with E-state index in [1.165, 1.54) is 0 Å². The summed E-state index contributed by atoms with van der Waals surface area (Å²) >= 11 is 2.41. The van der Waals surface area contributed by atoms with Crippen molar-refractivity contribution < 1.29 is 27.1 Å². The van der Waals surface area contributed by atoms with Gasteiger partial charge in [0.05, 0.1) is 22.2 Å². The highest BCUT2D eigenvalue weighted by atomic mass is 79.9. The van der Waals surface area contributed by atoms with Crippen molar-refractivity contribution >= 4 is 21.9 Å². The molecule has 0 unspecified atom stereocenters. The molecule has 0 spiro atoms. The Morgan fingerprint density at radius 1 is 1.08 bits per heavy atom. The van der Waals surface area contributed by atoms with E-state index >= 15 is 0 Å². The molecule has 0 aliphatic heterocycles. The fourth-order valence-corrected chi connectivity index (χ4v) is 2.55. The Hall–Kier alpha value is -1.90. The Kier molecular flexibility index (Phi) is 5.32. The summed E-state index contributed by atoms with van der Waals surface area (Å²) in [6, 6.07) is 0. The molecule has 0 radical (unpaired) electrons. The number of aromatic nitrogens is 2. The summed E-state index contributed by atoms with van der Waals surface area (Å²) in [7, 11) is 1.70. The number of nitrogens with zero attached hydrogens (tertiary/aromatic N) is 2. The summed E-state index contributed by atoms with van der Waals surface area (Å²) in [5.74, 6) is -7.18. The van der Waals surface area contributed by atoms with Gasteiger partial charge in [-0.1, -0.05) is 0 Å². The van der Waals surface area contributed by atoms with Crippen molar-refractivity contribution in [2.45, 2.75) is 26.9 Å². The predicted octanol–water partition coefficient (Wildman–Crippen LogP) is 3.64. The van der Waals surface area contributed by atoms with Crippen molar-refractivity contribution in [1.82, 2.24) is 9.78 Å². The van der Waals surface area contributed by atoms with Gasteiger partial charge in [0.1, 0.15) is 6.61 Å². The SMILES string of the molecule is Cc1nn(C)c(C)c1CC(=O)OCc1c(F)c(F)c(Br)c(F)c1F. The zero-order chi connectivity index (χ0) is 18.2. The Balaban J connectivity index is 2.16. The average molecular weight is 409 g/mol. The van der Waals surface area contributed by atoms with Crippen molar-refractivity contribution in [3.8, 4) is 0 Å². The van der Waals surface area contributed by atoms with Crippen LogP contribution in [0, 0.1) is 37.1 Å². The topological polar surface area (TPSA) is 44.1 Å². The smallest absolute Gasteiger partial charge is 0.310 e. The number of carbonyl (C=O) groups is 1. The normalized spacial score (nSPS) is 11.0. The third-order valence-electron chi connectivity index (χ3n) is 3.66. The van der Waals surface area contributed by atoms with E-state index in [1.807, 2.05) is 0 Å². The Bertz CT molecular complexity index is 792. The highest BCUT2D eigenvalue weighted by Crippen LogP contribution is 2.28. The fraction of sp³-hybridized carbons (Fsp3) is 0.333. The number of halogens is 5. The lowest BCUT2D eigenvalue weighted by Gasteiger charge is -2.10. The molecule has 0 amide bonds. The molecule has 1 aromatic heterocycles. The standard InChI is InChI=1S/C15H13BrF4N2O2/c1-6-8(7(2)22(3)21-6)4-10(23)24-5-9-12(17)14(19)11(16)15(20)13(9)18/h4-5H2,1-3H3. The monoisotopic (exact) mass is 408 g/mol. The molecular formula is C15H13BrF4N2O2. The van der Waals surface area contributed by atoms with Crippen LogP contribution in [0.3, 0.4) is 0 Å². The molecule has 2 rings (SSSR count). The largest absolute Gasteiger partial charge is 0.460 e. The molecule has 0 bridgehead atoms. The van der Waals surface area contributed by atoms with Crippen LogP contribution in [-0.4, -0.2) is 15.7 Å². The van der Waals surface area contributed by atoms with Gasteiger partial charge < -0.3 is 4.74 Å². The first-order chi connectivity index (χ1) is 11.1. The van der Waals surface area contributed by atoms with Crippen molar-refractivity contribution in [1.29, 1.82) is 0 Å². The number of benzene rings is 1. The van der Waals surface area contributed by atoms with Gasteiger partial charge in [-0.15, -0.1) is 0 Å². The molecule has 0 N–H and O–H groups in total. The van der Waals surface area contributed by atoms with E-state index in [1.54, 1.807) is 25.6 Å². The van der Waals surface area contributed by atoms with Crippen LogP contribution in [0.4, 0.5) is 17.6 Å². The van der Waals surface area contributed by atoms with Crippen LogP contribution in [0.25, 0.3) is 0 Å². The van der Waals surface area contributed by atoms with Gasteiger partial charge >= 0.3 is 5.97 Å². The zero-order valence-corrected chi connectivity index (χ0v) is 14.6. The first-order valence-electron chi connectivity index (χ1n) is 6.80. The molecular weight excluding hydrogens is 396 g/mol. The van der Waals surface area contributed by atoms with Gasteiger partial charge in [-0.2, -0.15) is 5.10 Å². The van der Waals surface area contributed by atoms with E-state index < -0.39 is 45.9 Å². The quantitative estimate of drug-likeness (QED) is 0.335. The molecule has 0 atom stereocenters. The van der Waals surface area contributed by atoms with E-state index in [2.05, 4.69) is 21.0 Å². The van der Waals surface area contributed by atoms with E-state index in [0.29, 0.717) is 11.3 Å². The first kappa shape index (κ1) is 18.4. The van der Waals surface area contributed by atoms with Crippen LogP contribution in [0.1, 0.15) is 22.5 Å². The molecule has 0 fully saturated rings. The maximum absolute atomic E-state index is 13.7. The highest BCUT2D eigenvalue weighted by molar-refractivity contribution is 9.10. The first-order valence-corrected chi connectivity index (χ1v) is 7.59. The zero-order valence-electron chi connectivity index (χ0n) is 13.0. The minimum Gasteiger partial charge on any atom is -0.460 e. The van der Waals surface area contributed by atoms with Crippen molar-refractivity contribution in [2.24, 2.45) is 7.05 Å². The molecule has 1 aromatic carbocycles. The van der Waals surface area contributed by atoms with Crippen LogP contribution in [0.2, 0.25) is 0 Å². The number of aryl methyl sites for hydroxylation is 2. The van der Waals surface area contributed by atoms with Crippen molar-refractivity contribution in [2.75, 3.05) is 0 Å². The van der Waals surface area contributed by atoms with Crippen molar-refractivity contribution in [3.05, 3.63) is 50.3 Å². The highest BCUT2D eigenvalue weighted by Gasteiger charge is 2.25. The minimum absolute atomic E-state index is 0.170. The number of ether oxygens (including phenoxy) is 1. The predicted molar refractivity (Wildman–Crippen MR) is 80.2 cm³/mol. The lowest BCUT2D eigenvalue weighted by atomic mass is 10.1. The summed E-state index contributed by atoms with van der Waals surface area (Å²) in [4.78, 5) is 11.9. The van der Waals surface area contributed by atoms with Crippen LogP contribution < -0.4 is 0 Å². The molecule has 0 saturated heterocycles. The van der Waals surface area contributed by atoms with Gasteiger partial charge in [0.25, 0.3) is 0 Å². The molecule has 2 aromatic rings. The summed E-state index contributed by atoms with van der Waals surface area (Å²) < 4.78 is 59.6. The molecule has 9 heteroatoms. The number of esters is 1. The van der Waals surface area contributed by atoms with Gasteiger partial charge in [-0.3, -0.25) is 9.48 Å². The van der Waals surface area contributed by atoms with Crippen LogP contribution in [0.15, 0.2) is 4.47 Å². The minimum atomic E-state index is -1.61. The Morgan fingerprint density at radius 3 is 2.08 bits per heavy atom. The third-order valence-corrected chi connectivity index (χ3v) is 4.35. The molecule has 130 valence electrons. The van der Waals surface area contributed by atoms with Crippen LogP contribution in [0.5, 0.6) is 0 Å². The number of hydrogen-bond acceptors (Lipinski definition) is 3.